The van der Waals surface area contributed by atoms with Crippen molar-refractivity contribution in [3.05, 3.63) is 35.4 Å². The Morgan fingerprint density at radius 2 is 1.92 bits per heavy atom. The third-order valence-corrected chi connectivity index (χ3v) is 6.51. The van der Waals surface area contributed by atoms with Crippen LogP contribution < -0.4 is 0 Å². The Balaban J connectivity index is 1.76. The predicted octanol–water partition coefficient (Wildman–Crippen LogP) is 2.15. The number of aliphatic hydroxyl groups excluding tert-OH is 1. The maximum Gasteiger partial charge on any atom is 0.309 e. The second-order valence-corrected chi connectivity index (χ2v) is 8.42. The molecule has 0 aromatic heterocycles. The van der Waals surface area contributed by atoms with Crippen molar-refractivity contribution in [2.75, 3.05) is 44.8 Å². The van der Waals surface area contributed by atoms with E-state index in [2.05, 4.69) is 41.0 Å². The smallest absolute Gasteiger partial charge is 0.309 e. The van der Waals surface area contributed by atoms with Crippen molar-refractivity contribution in [1.29, 1.82) is 0 Å². The maximum absolute atomic E-state index is 12.2. The molecule has 2 aliphatic heterocycles. The summed E-state index contributed by atoms with van der Waals surface area (Å²) in [4.78, 5) is 16.4. The van der Waals surface area contributed by atoms with Gasteiger partial charge in [0.1, 0.15) is 0 Å². The van der Waals surface area contributed by atoms with Gasteiger partial charge in [-0.3, -0.25) is 14.6 Å². The largest absolute Gasteiger partial charge is 0.469 e. The lowest BCUT2D eigenvalue weighted by molar-refractivity contribution is -0.156. The normalized spacial score (nSPS) is 26.4. The van der Waals surface area contributed by atoms with Crippen LogP contribution in [0.15, 0.2) is 24.3 Å². The topological polar surface area (TPSA) is 53.0 Å². The lowest BCUT2D eigenvalue weighted by Gasteiger charge is -2.43. The number of rotatable bonds is 5. The summed E-state index contributed by atoms with van der Waals surface area (Å²) in [5, 5.41) is 10.9. The van der Waals surface area contributed by atoms with Gasteiger partial charge in [0.15, 0.2) is 6.35 Å². The number of carbonyl (C=O) groups is 1. The van der Waals surface area contributed by atoms with Crippen LogP contribution in [0, 0.1) is 5.92 Å². The molecule has 0 amide bonds. The van der Waals surface area contributed by atoms with Gasteiger partial charge in [-0.25, -0.2) is 0 Å². The number of methoxy groups -OCH3 is 1. The van der Waals surface area contributed by atoms with Crippen molar-refractivity contribution in [2.24, 2.45) is 5.92 Å². The van der Waals surface area contributed by atoms with Crippen LogP contribution in [0.2, 0.25) is 0 Å². The van der Waals surface area contributed by atoms with E-state index in [1.54, 1.807) is 0 Å². The molecule has 3 unspecified atom stereocenters. The summed E-state index contributed by atoms with van der Waals surface area (Å²) in [5.41, 5.74) is 2.55. The monoisotopic (exact) mass is 378 g/mol. The van der Waals surface area contributed by atoms with E-state index in [-0.39, 0.29) is 17.8 Å². The van der Waals surface area contributed by atoms with Crippen LogP contribution >= 0.6 is 11.8 Å². The van der Waals surface area contributed by atoms with Crippen LogP contribution in [0.25, 0.3) is 0 Å². The van der Waals surface area contributed by atoms with Crippen molar-refractivity contribution in [3.8, 4) is 0 Å². The zero-order chi connectivity index (χ0) is 18.5. The summed E-state index contributed by atoms with van der Waals surface area (Å²) in [6, 6.07) is 8.68. The molecule has 1 aromatic carbocycles. The molecule has 2 aliphatic rings. The highest BCUT2D eigenvalue weighted by molar-refractivity contribution is 7.99. The number of ether oxygens (including phenoxy) is 1. The molecular weight excluding hydrogens is 348 g/mol. The van der Waals surface area contributed by atoms with Crippen LogP contribution in [0.4, 0.5) is 0 Å². The Morgan fingerprint density at radius 3 is 2.54 bits per heavy atom. The number of hydrogen-bond donors (Lipinski definition) is 1. The molecule has 1 N–H and O–H groups in total. The van der Waals surface area contributed by atoms with Gasteiger partial charge in [0.25, 0.3) is 0 Å². The molecule has 144 valence electrons. The Labute approximate surface area is 160 Å². The number of aliphatic hydroxyl groups is 1. The van der Waals surface area contributed by atoms with Gasteiger partial charge in [-0.1, -0.05) is 31.2 Å². The van der Waals surface area contributed by atoms with E-state index in [1.165, 1.54) is 18.2 Å². The van der Waals surface area contributed by atoms with E-state index >= 15 is 0 Å². The molecular formula is C20H30N2O3S. The summed E-state index contributed by atoms with van der Waals surface area (Å²) in [6.45, 7) is 5.25. The van der Waals surface area contributed by atoms with Crippen molar-refractivity contribution in [1.82, 2.24) is 9.80 Å². The quantitative estimate of drug-likeness (QED) is 0.793. The van der Waals surface area contributed by atoms with E-state index < -0.39 is 6.35 Å². The first-order chi connectivity index (χ1) is 12.6. The number of esters is 1. The average Bonchev–Trinajstić information content (AvgIpc) is 2.73. The Morgan fingerprint density at radius 1 is 1.23 bits per heavy atom. The van der Waals surface area contributed by atoms with Crippen molar-refractivity contribution in [2.45, 2.75) is 32.0 Å². The lowest BCUT2D eigenvalue weighted by atomic mass is 9.84. The second-order valence-electron chi connectivity index (χ2n) is 7.20. The zero-order valence-electron chi connectivity index (χ0n) is 15.8. The Hall–Kier alpha value is -1.08. The molecule has 5 nitrogen and oxygen atoms in total. The van der Waals surface area contributed by atoms with Crippen LogP contribution in [0.3, 0.4) is 0 Å². The number of thioether (sulfide) groups is 1. The number of aryl methyl sites for hydroxylation is 1. The molecule has 3 atom stereocenters. The molecule has 0 radical (unpaired) electrons. The van der Waals surface area contributed by atoms with Gasteiger partial charge >= 0.3 is 5.97 Å². The average molecular weight is 379 g/mol. The van der Waals surface area contributed by atoms with Gasteiger partial charge < -0.3 is 9.84 Å². The SMILES string of the molecule is CCc1ccc(C2CC(C(=O)OC)CN(C(O)N3CCSCC3)C2)cc1. The van der Waals surface area contributed by atoms with Gasteiger partial charge in [-0.15, -0.1) is 0 Å². The molecule has 2 fully saturated rings. The van der Waals surface area contributed by atoms with Gasteiger partial charge in [-0.2, -0.15) is 11.8 Å². The molecule has 2 saturated heterocycles. The molecule has 0 aliphatic carbocycles. The zero-order valence-corrected chi connectivity index (χ0v) is 16.6. The Kier molecular flexibility index (Phi) is 6.98. The third-order valence-electron chi connectivity index (χ3n) is 5.57. The van der Waals surface area contributed by atoms with E-state index in [0.29, 0.717) is 6.54 Å². The minimum Gasteiger partial charge on any atom is -0.469 e. The van der Waals surface area contributed by atoms with Crippen LogP contribution in [-0.4, -0.2) is 72.0 Å². The van der Waals surface area contributed by atoms with E-state index in [4.69, 9.17) is 4.74 Å². The summed E-state index contributed by atoms with van der Waals surface area (Å²) < 4.78 is 5.02. The minimum absolute atomic E-state index is 0.175. The minimum atomic E-state index is -0.624. The molecule has 2 heterocycles. The molecule has 26 heavy (non-hydrogen) atoms. The fraction of sp³-hybridized carbons (Fsp3) is 0.650. The molecule has 0 bridgehead atoms. The van der Waals surface area contributed by atoms with Crippen molar-refractivity contribution in [3.63, 3.8) is 0 Å². The summed E-state index contributed by atoms with van der Waals surface area (Å²) in [7, 11) is 1.45. The predicted molar refractivity (Wildman–Crippen MR) is 105 cm³/mol. The highest BCUT2D eigenvalue weighted by Gasteiger charge is 2.37. The fourth-order valence-corrected chi connectivity index (χ4v) is 4.90. The molecule has 6 heteroatoms. The van der Waals surface area contributed by atoms with Crippen LogP contribution in [0.1, 0.15) is 30.4 Å². The first kappa shape index (κ1) is 19.7. The lowest BCUT2D eigenvalue weighted by Crippen LogP contribution is -2.56. The number of likely N-dealkylation sites (tertiary alicyclic amines) is 1. The molecule has 0 saturated carbocycles. The third kappa shape index (κ3) is 4.60. The molecule has 0 spiro atoms. The highest BCUT2D eigenvalue weighted by atomic mass is 32.2. The van der Waals surface area contributed by atoms with Gasteiger partial charge in [-0.05, 0) is 29.9 Å². The van der Waals surface area contributed by atoms with Gasteiger partial charge in [0.05, 0.1) is 13.0 Å². The van der Waals surface area contributed by atoms with Crippen LogP contribution in [0.5, 0.6) is 0 Å². The summed E-state index contributed by atoms with van der Waals surface area (Å²) in [5.74, 6) is 1.96. The molecule has 1 aromatic rings. The number of benzene rings is 1. The molecule has 3 rings (SSSR count). The Bertz CT molecular complexity index is 589. The number of hydrogen-bond acceptors (Lipinski definition) is 6. The highest BCUT2D eigenvalue weighted by Crippen LogP contribution is 2.32. The number of nitrogens with zero attached hydrogens (tertiary/aromatic N) is 2. The second kappa shape index (κ2) is 9.22. The summed E-state index contributed by atoms with van der Waals surface area (Å²) in [6.07, 6.45) is 1.17. The first-order valence-electron chi connectivity index (χ1n) is 9.53. The van der Waals surface area contributed by atoms with E-state index in [9.17, 15) is 9.90 Å². The first-order valence-corrected chi connectivity index (χ1v) is 10.7. The van der Waals surface area contributed by atoms with E-state index in [1.807, 2.05) is 11.8 Å². The standard InChI is InChI=1S/C20H30N2O3S/c1-3-15-4-6-16(7-5-15)17-12-18(19(23)25-2)14-22(13-17)20(24)21-8-10-26-11-9-21/h4-7,17-18,20,24H,3,8-14H2,1-2H3. The maximum atomic E-state index is 12.2. The van der Waals surface area contributed by atoms with Crippen molar-refractivity contribution >= 4 is 17.7 Å². The van der Waals surface area contributed by atoms with Gasteiger partial charge in [0, 0.05) is 37.7 Å². The number of piperidine rings is 1. The van der Waals surface area contributed by atoms with E-state index in [0.717, 1.165) is 44.0 Å². The summed E-state index contributed by atoms with van der Waals surface area (Å²) >= 11 is 1.93. The fourth-order valence-electron chi connectivity index (χ4n) is 3.97. The van der Waals surface area contributed by atoms with Crippen molar-refractivity contribution < 1.29 is 14.6 Å². The van der Waals surface area contributed by atoms with Crippen LogP contribution in [-0.2, 0) is 16.0 Å². The van der Waals surface area contributed by atoms with Gasteiger partial charge in [0.2, 0.25) is 0 Å². The number of carbonyl (C=O) groups excluding carboxylic acids is 1.